The molecule has 0 spiro atoms. The lowest BCUT2D eigenvalue weighted by Crippen LogP contribution is -2.58. The van der Waals surface area contributed by atoms with Crippen LogP contribution in [0.15, 0.2) is 30.3 Å². The maximum Gasteiger partial charge on any atom is 0.410 e. The number of carbonyl (C=O) groups excluding carboxylic acids is 5. The molecule has 6 rings (SSSR count). The van der Waals surface area contributed by atoms with Crippen LogP contribution in [0, 0.1) is 11.7 Å². The molecule has 5 atom stereocenters. The molecule has 2 saturated carbocycles. The second-order valence-electron chi connectivity index (χ2n) is 12.4. The number of amides is 5. The minimum atomic E-state index is -4.96. The first kappa shape index (κ1) is 18.5. The topological polar surface area (TPSA) is 181 Å². The lowest BCUT2D eigenvalue weighted by Gasteiger charge is -2.30. The lowest BCUT2D eigenvalue weighted by molar-refractivity contribution is -0.141. The van der Waals surface area contributed by atoms with Gasteiger partial charge >= 0.3 is 12.2 Å². The van der Waals surface area contributed by atoms with Crippen molar-refractivity contribution >= 4 is 39.9 Å². The van der Waals surface area contributed by atoms with E-state index in [2.05, 4.69) is 10.1 Å². The molecule has 16 heteroatoms. The summed E-state index contributed by atoms with van der Waals surface area (Å²) in [5.41, 5.74) is -6.78. The Balaban J connectivity index is 1.54. The van der Waals surface area contributed by atoms with Crippen LogP contribution >= 0.6 is 0 Å². The van der Waals surface area contributed by atoms with E-state index < -0.39 is 164 Å². The number of carbonyl (C=O) groups is 5. The number of hydrogen-bond acceptors (Lipinski definition) is 9. The van der Waals surface area contributed by atoms with E-state index in [1.807, 2.05) is 0 Å². The molecule has 3 heterocycles. The van der Waals surface area contributed by atoms with Crippen molar-refractivity contribution in [1.29, 1.82) is 0 Å². The van der Waals surface area contributed by atoms with Gasteiger partial charge in [0.1, 0.15) is 35.1 Å². The molecular formula is C35H46FN5O9S. The average Bonchev–Trinajstić information content (AvgIpc) is 4.11. The third-order valence-electron chi connectivity index (χ3n) is 8.66. The Labute approximate surface area is 326 Å². The van der Waals surface area contributed by atoms with E-state index in [0.717, 1.165) is 16.3 Å². The molecule has 3 N–H and O–H groups in total. The van der Waals surface area contributed by atoms with E-state index in [1.54, 1.807) is 4.72 Å². The van der Waals surface area contributed by atoms with Crippen LogP contribution in [0.4, 0.5) is 14.0 Å². The molecule has 3 fully saturated rings. The number of ether oxygens (including phenoxy) is 2. The highest BCUT2D eigenvalue weighted by atomic mass is 32.2. The standard InChI is InChI=1S/C35H46FN5O9S/c1-34(2,3)50-32(45)37-27-13-8-6-4-5-7-11-22-17-35(22,31(44)39-51(47,48)24-14-15-24)38-29(42)28-16-23(19-41(28)30(27)43)49-33(46)40-18-21-10-9-12-26(36)25(21)20-40/h7,9-12,22-24,27-28H,4-6,8,13-20H2,1-3H3,(H,37,45)(H,38,42)(H,39,44)/b11-7+/t22-,23-,27+,28+,35+/m1/s1/i1D3,2D3,3D3,4D2,5D2,6D2,7D,8D2,13D2,27D. The first-order chi connectivity index (χ1) is 32.3. The Morgan fingerprint density at radius 1 is 1.18 bits per heavy atom. The highest BCUT2D eigenvalue weighted by Crippen LogP contribution is 2.46. The van der Waals surface area contributed by atoms with Gasteiger partial charge in [-0.2, -0.15) is 0 Å². The third-order valence-corrected chi connectivity index (χ3v) is 10.5. The third kappa shape index (κ3) is 8.31. The van der Waals surface area contributed by atoms with Crippen LogP contribution < -0.4 is 15.4 Å². The number of fused-ring (bicyclic) bond motifs is 3. The maximum absolute atomic E-state index is 15.2. The van der Waals surface area contributed by atoms with Gasteiger partial charge in [0.05, 0.1) is 21.1 Å². The number of halogens is 1. The molecule has 1 saturated heterocycles. The summed E-state index contributed by atoms with van der Waals surface area (Å²) in [5.74, 6) is -7.94. The number of nitrogens with one attached hydrogen (secondary N) is 3. The Morgan fingerprint density at radius 2 is 1.96 bits per heavy atom. The number of alkyl carbamates (subject to hydrolysis) is 1. The van der Waals surface area contributed by atoms with E-state index in [0.29, 0.717) is 11.6 Å². The molecule has 5 amide bonds. The van der Waals surface area contributed by atoms with Crippen LogP contribution in [0.2, 0.25) is 0 Å². The zero-order valence-electron chi connectivity index (χ0n) is 47.4. The number of hydrogen-bond donors (Lipinski definition) is 3. The van der Waals surface area contributed by atoms with Gasteiger partial charge in [-0.05, 0) is 70.6 Å². The minimum absolute atomic E-state index is 0.0736. The van der Waals surface area contributed by atoms with E-state index in [1.165, 1.54) is 12.1 Å². The number of benzene rings is 1. The predicted molar refractivity (Wildman–Crippen MR) is 180 cm³/mol. The summed E-state index contributed by atoms with van der Waals surface area (Å²) in [7, 11) is -4.49. The molecular weight excluding hydrogens is 685 g/mol. The van der Waals surface area contributed by atoms with Gasteiger partial charge in [-0.1, -0.05) is 37.0 Å². The normalized spacial score (nSPS) is 42.7. The van der Waals surface area contributed by atoms with Crippen molar-refractivity contribution in [2.24, 2.45) is 5.92 Å². The van der Waals surface area contributed by atoms with Crippen LogP contribution in [0.25, 0.3) is 0 Å². The molecule has 3 aliphatic heterocycles. The van der Waals surface area contributed by atoms with Gasteiger partial charge in [-0.25, -0.2) is 22.4 Å². The Bertz CT molecular complexity index is 2560. The van der Waals surface area contributed by atoms with Gasteiger partial charge in [0.25, 0.3) is 5.91 Å². The molecule has 2 aliphatic carbocycles. The van der Waals surface area contributed by atoms with Crippen molar-refractivity contribution in [3.63, 3.8) is 0 Å². The number of rotatable bonds is 5. The summed E-state index contributed by atoms with van der Waals surface area (Å²) >= 11 is 0. The van der Waals surface area contributed by atoms with Crippen molar-refractivity contribution in [3.05, 3.63) is 47.3 Å². The summed E-state index contributed by atoms with van der Waals surface area (Å²) in [4.78, 5) is 72.4. The largest absolute Gasteiger partial charge is 0.444 e. The van der Waals surface area contributed by atoms with E-state index >= 15 is 4.79 Å². The van der Waals surface area contributed by atoms with Gasteiger partial charge in [0.15, 0.2) is 0 Å². The first-order valence-electron chi connectivity index (χ1n) is 25.9. The summed E-state index contributed by atoms with van der Waals surface area (Å²) in [5, 5.41) is 2.17. The Hall–Kier alpha value is -4.21. The fraction of sp³-hybridized carbons (Fsp3) is 0.629. The van der Waals surface area contributed by atoms with Crippen molar-refractivity contribution in [2.45, 2.75) is 126 Å². The Kier molecular flexibility index (Phi) is 5.11. The van der Waals surface area contributed by atoms with Crippen LogP contribution in [-0.4, -0.2) is 89.2 Å². The molecule has 1 aromatic rings. The highest BCUT2D eigenvalue weighted by Gasteiger charge is 2.62. The predicted octanol–water partition coefficient (Wildman–Crippen LogP) is 3.14. The monoisotopic (exact) mass is 752 g/mol. The van der Waals surface area contributed by atoms with Gasteiger partial charge < -0.3 is 25.0 Å². The fourth-order valence-corrected chi connectivity index (χ4v) is 7.27. The van der Waals surface area contributed by atoms with Crippen LogP contribution in [0.5, 0.6) is 0 Å². The average molecular weight is 753 g/mol. The van der Waals surface area contributed by atoms with Crippen molar-refractivity contribution in [2.75, 3.05) is 6.54 Å². The van der Waals surface area contributed by atoms with Gasteiger partial charge in [-0.3, -0.25) is 24.0 Å². The molecule has 14 nitrogen and oxygen atoms in total. The maximum atomic E-state index is 15.2. The van der Waals surface area contributed by atoms with Gasteiger partial charge in [-0.15, -0.1) is 0 Å². The molecule has 5 aliphatic rings. The van der Waals surface area contributed by atoms with E-state index in [4.69, 9.17) is 32.2 Å². The lowest BCUT2D eigenvalue weighted by atomic mass is 10.0. The number of allylic oxidation sites excluding steroid dienone is 1. The summed E-state index contributed by atoms with van der Waals surface area (Å²) in [6.07, 6.45) is -30.3. The smallest absolute Gasteiger partial charge is 0.410 e. The number of sulfonamides is 1. The quantitative estimate of drug-likeness (QED) is 0.381. The molecule has 0 bridgehead atoms. The minimum Gasteiger partial charge on any atom is -0.444 e. The molecule has 51 heavy (non-hydrogen) atoms. The SMILES string of the molecule is [2H]/C1=C\[C@@H]2C[C@]2(C(=O)NS(=O)(=O)C2CC2)NC(=O)[C@@H]2C[C@@H](OC(=O)N3Cc4cccc(F)c4C3)CN2C(=O)[C@@]([2H])(NC(=O)OC(C([2H])([2H])[2H])(C([2H])([2H])[2H])C([2H])([2H])[2H])C([2H])([2H])C([2H])([2H])C([2H])([2H])C([2H])([2H])C1([2H])[2H]. The Morgan fingerprint density at radius 3 is 2.69 bits per heavy atom. The fourth-order valence-electron chi connectivity index (χ4n) is 5.90. The molecule has 278 valence electrons. The molecule has 1 aromatic carbocycles. The van der Waals surface area contributed by atoms with Crippen LogP contribution in [-0.2, 0) is 47.0 Å². The van der Waals surface area contributed by atoms with Gasteiger partial charge in [0, 0.05) is 50.5 Å². The van der Waals surface area contributed by atoms with Crippen molar-refractivity contribution in [1.82, 2.24) is 25.2 Å². The zero-order chi connectivity index (χ0) is 55.0. The van der Waals surface area contributed by atoms with Crippen molar-refractivity contribution < 1.29 is 75.0 Å². The number of nitrogens with zero attached hydrogens (tertiary/aromatic N) is 2. The molecule has 0 aromatic heterocycles. The molecule has 0 unspecified atom stereocenters. The van der Waals surface area contributed by atoms with Gasteiger partial charge in [0.2, 0.25) is 21.8 Å². The van der Waals surface area contributed by atoms with E-state index in [9.17, 15) is 33.4 Å². The molecule has 0 radical (unpaired) electrons. The first-order valence-corrected chi connectivity index (χ1v) is 17.0. The van der Waals surface area contributed by atoms with Crippen LogP contribution in [0.1, 0.15) is 118 Å². The second kappa shape index (κ2) is 14.1. The highest BCUT2D eigenvalue weighted by molar-refractivity contribution is 7.91. The van der Waals surface area contributed by atoms with Crippen molar-refractivity contribution in [3.8, 4) is 0 Å². The summed E-state index contributed by atoms with van der Waals surface area (Å²) in [6.45, 7) is -15.0. The summed E-state index contributed by atoms with van der Waals surface area (Å²) < 4.78 is 229. The van der Waals surface area contributed by atoms with E-state index in [-0.39, 0.29) is 36.4 Å². The summed E-state index contributed by atoms with van der Waals surface area (Å²) in [6, 6.07) is -4.82. The second-order valence-corrected chi connectivity index (χ2v) is 14.4. The zero-order valence-corrected chi connectivity index (χ0v) is 27.2. The van der Waals surface area contributed by atoms with Crippen LogP contribution in [0.3, 0.4) is 0 Å².